The van der Waals surface area contributed by atoms with Gasteiger partial charge in [0.05, 0.1) is 19.1 Å². The fourth-order valence-electron chi connectivity index (χ4n) is 2.16. The molecule has 0 aliphatic heterocycles. The number of aryl methyl sites for hydroxylation is 1. The van der Waals surface area contributed by atoms with Crippen LogP contribution in [0.15, 0.2) is 18.2 Å². The van der Waals surface area contributed by atoms with Gasteiger partial charge in [-0.2, -0.15) is 0 Å². The van der Waals surface area contributed by atoms with Crippen LogP contribution >= 0.6 is 0 Å². The van der Waals surface area contributed by atoms with Gasteiger partial charge in [-0.15, -0.1) is 0 Å². The molecule has 4 nitrogen and oxygen atoms in total. The van der Waals surface area contributed by atoms with Crippen molar-refractivity contribution >= 4 is 5.91 Å². The molecule has 104 valence electrons. The highest BCUT2D eigenvalue weighted by atomic mass is 16.5. The molecule has 1 fully saturated rings. The average molecular weight is 263 g/mol. The summed E-state index contributed by atoms with van der Waals surface area (Å²) in [7, 11) is 1.63. The van der Waals surface area contributed by atoms with Crippen molar-refractivity contribution in [3.8, 4) is 5.75 Å². The lowest BCUT2D eigenvalue weighted by molar-refractivity contribution is -0.127. The maximum Gasteiger partial charge on any atom is 0.228 e. The molecular formula is C15H21NO3. The maximum atomic E-state index is 12.0. The fraction of sp³-hybridized carbons (Fsp3) is 0.533. The van der Waals surface area contributed by atoms with E-state index in [0.717, 1.165) is 30.6 Å². The standard InChI is InChI=1S/C15H21NO3/c1-3-11-4-5-13(19-2)12(8-11)9-16-14(18)15(10-17)6-7-15/h4-5,8,17H,3,6-7,9-10H2,1-2H3,(H,16,18). The quantitative estimate of drug-likeness (QED) is 0.820. The first-order valence-electron chi connectivity index (χ1n) is 6.70. The molecule has 1 aliphatic carbocycles. The lowest BCUT2D eigenvalue weighted by atomic mass is 10.1. The number of methoxy groups -OCH3 is 1. The number of amides is 1. The average Bonchev–Trinajstić information content (AvgIpc) is 3.25. The molecule has 0 atom stereocenters. The molecule has 0 heterocycles. The molecule has 0 bridgehead atoms. The number of aliphatic hydroxyl groups is 1. The highest BCUT2D eigenvalue weighted by Crippen LogP contribution is 2.45. The van der Waals surface area contributed by atoms with Crippen LogP contribution in [-0.4, -0.2) is 24.7 Å². The molecule has 2 N–H and O–H groups in total. The Hall–Kier alpha value is -1.55. The van der Waals surface area contributed by atoms with E-state index in [2.05, 4.69) is 18.3 Å². The number of rotatable bonds is 6. The minimum absolute atomic E-state index is 0.0565. The smallest absolute Gasteiger partial charge is 0.228 e. The lowest BCUT2D eigenvalue weighted by Crippen LogP contribution is -2.33. The van der Waals surface area contributed by atoms with E-state index < -0.39 is 5.41 Å². The molecule has 1 aliphatic rings. The Bertz CT molecular complexity index is 466. The van der Waals surface area contributed by atoms with Gasteiger partial charge in [0.15, 0.2) is 0 Å². The summed E-state index contributed by atoms with van der Waals surface area (Å²) in [6.45, 7) is 2.47. The number of aliphatic hydroxyl groups excluding tert-OH is 1. The van der Waals surface area contributed by atoms with Gasteiger partial charge in [0.2, 0.25) is 5.91 Å². The molecule has 1 aromatic rings. The number of carbonyl (C=O) groups excluding carboxylic acids is 1. The zero-order chi connectivity index (χ0) is 13.9. The Morgan fingerprint density at radius 3 is 2.74 bits per heavy atom. The summed E-state index contributed by atoms with van der Waals surface area (Å²) in [6.07, 6.45) is 2.51. The second kappa shape index (κ2) is 5.61. The van der Waals surface area contributed by atoms with Gasteiger partial charge in [-0.3, -0.25) is 4.79 Å². The Morgan fingerprint density at radius 2 is 2.21 bits per heavy atom. The van der Waals surface area contributed by atoms with E-state index in [-0.39, 0.29) is 12.5 Å². The van der Waals surface area contributed by atoms with Gasteiger partial charge in [0, 0.05) is 12.1 Å². The number of hydrogen-bond donors (Lipinski definition) is 2. The van der Waals surface area contributed by atoms with Crippen LogP contribution in [0.5, 0.6) is 5.75 Å². The molecule has 0 unspecified atom stereocenters. The van der Waals surface area contributed by atoms with Crippen LogP contribution < -0.4 is 10.1 Å². The van der Waals surface area contributed by atoms with E-state index in [0.29, 0.717) is 6.54 Å². The molecule has 0 saturated heterocycles. The molecule has 0 spiro atoms. The number of hydrogen-bond acceptors (Lipinski definition) is 3. The van der Waals surface area contributed by atoms with Crippen molar-refractivity contribution in [1.29, 1.82) is 0 Å². The summed E-state index contributed by atoms with van der Waals surface area (Å²) in [6, 6.07) is 6.01. The van der Waals surface area contributed by atoms with Crippen LogP contribution in [0.1, 0.15) is 30.9 Å². The molecule has 4 heteroatoms. The van der Waals surface area contributed by atoms with E-state index >= 15 is 0 Å². The van der Waals surface area contributed by atoms with E-state index in [9.17, 15) is 9.90 Å². The van der Waals surface area contributed by atoms with Crippen LogP contribution in [0.4, 0.5) is 0 Å². The van der Waals surface area contributed by atoms with Gasteiger partial charge >= 0.3 is 0 Å². The van der Waals surface area contributed by atoms with Gasteiger partial charge in [0.25, 0.3) is 0 Å². The number of nitrogens with one attached hydrogen (secondary N) is 1. The first-order valence-corrected chi connectivity index (χ1v) is 6.70. The second-order valence-electron chi connectivity index (χ2n) is 5.12. The zero-order valence-corrected chi connectivity index (χ0v) is 11.5. The first-order chi connectivity index (χ1) is 9.15. The van der Waals surface area contributed by atoms with Gasteiger partial charge < -0.3 is 15.2 Å². The second-order valence-corrected chi connectivity index (χ2v) is 5.12. The first kappa shape index (κ1) is 13.9. The summed E-state index contributed by atoms with van der Waals surface area (Å²) in [5.74, 6) is 0.727. The zero-order valence-electron chi connectivity index (χ0n) is 11.5. The van der Waals surface area contributed by atoms with Crippen molar-refractivity contribution < 1.29 is 14.6 Å². The molecule has 1 aromatic carbocycles. The minimum Gasteiger partial charge on any atom is -0.496 e. The molecule has 19 heavy (non-hydrogen) atoms. The topological polar surface area (TPSA) is 58.6 Å². The maximum absolute atomic E-state index is 12.0. The minimum atomic E-state index is -0.518. The van der Waals surface area contributed by atoms with E-state index in [1.54, 1.807) is 7.11 Å². The van der Waals surface area contributed by atoms with Gasteiger partial charge in [-0.1, -0.05) is 19.1 Å². The summed E-state index contributed by atoms with van der Waals surface area (Å²) in [5.41, 5.74) is 1.67. The van der Waals surface area contributed by atoms with Crippen LogP contribution in [-0.2, 0) is 17.8 Å². The largest absolute Gasteiger partial charge is 0.496 e. The van der Waals surface area contributed by atoms with Crippen LogP contribution in [0, 0.1) is 5.41 Å². The van der Waals surface area contributed by atoms with Gasteiger partial charge in [-0.05, 0) is 30.9 Å². The highest BCUT2D eigenvalue weighted by molar-refractivity contribution is 5.85. The van der Waals surface area contributed by atoms with Crippen LogP contribution in [0.2, 0.25) is 0 Å². The Balaban J connectivity index is 2.04. The summed E-state index contributed by atoms with van der Waals surface area (Å²) in [4.78, 5) is 12.0. The Labute approximate surface area is 113 Å². The van der Waals surface area contributed by atoms with E-state index in [4.69, 9.17) is 4.74 Å². The summed E-state index contributed by atoms with van der Waals surface area (Å²) >= 11 is 0. The van der Waals surface area contributed by atoms with Crippen molar-refractivity contribution in [1.82, 2.24) is 5.32 Å². The molecular weight excluding hydrogens is 242 g/mol. The van der Waals surface area contributed by atoms with Crippen molar-refractivity contribution in [3.05, 3.63) is 29.3 Å². The Kier molecular flexibility index (Phi) is 4.10. The summed E-state index contributed by atoms with van der Waals surface area (Å²) in [5, 5.41) is 12.1. The number of ether oxygens (including phenoxy) is 1. The van der Waals surface area contributed by atoms with Crippen molar-refractivity contribution in [2.45, 2.75) is 32.7 Å². The van der Waals surface area contributed by atoms with Crippen molar-refractivity contribution in [2.75, 3.05) is 13.7 Å². The van der Waals surface area contributed by atoms with E-state index in [1.807, 2.05) is 12.1 Å². The van der Waals surface area contributed by atoms with Crippen molar-refractivity contribution in [2.24, 2.45) is 5.41 Å². The Morgan fingerprint density at radius 1 is 1.47 bits per heavy atom. The van der Waals surface area contributed by atoms with Gasteiger partial charge in [0.1, 0.15) is 5.75 Å². The molecule has 0 radical (unpaired) electrons. The molecule has 0 aromatic heterocycles. The molecule has 1 amide bonds. The fourth-order valence-corrected chi connectivity index (χ4v) is 2.16. The van der Waals surface area contributed by atoms with Crippen LogP contribution in [0.25, 0.3) is 0 Å². The van der Waals surface area contributed by atoms with Crippen molar-refractivity contribution in [3.63, 3.8) is 0 Å². The third-order valence-electron chi connectivity index (χ3n) is 3.83. The normalized spacial score (nSPS) is 15.9. The highest BCUT2D eigenvalue weighted by Gasteiger charge is 2.49. The third kappa shape index (κ3) is 2.89. The summed E-state index contributed by atoms with van der Waals surface area (Å²) < 4.78 is 5.30. The molecule has 2 rings (SSSR count). The predicted molar refractivity (Wildman–Crippen MR) is 73.0 cm³/mol. The number of carbonyl (C=O) groups is 1. The molecule has 1 saturated carbocycles. The predicted octanol–water partition coefficient (Wildman–Crippen LogP) is 1.65. The SMILES string of the molecule is CCc1ccc(OC)c(CNC(=O)C2(CO)CC2)c1. The monoisotopic (exact) mass is 263 g/mol. The van der Waals surface area contributed by atoms with Gasteiger partial charge in [-0.25, -0.2) is 0 Å². The number of benzene rings is 1. The third-order valence-corrected chi connectivity index (χ3v) is 3.83. The lowest BCUT2D eigenvalue weighted by Gasteiger charge is -2.14. The van der Waals surface area contributed by atoms with E-state index in [1.165, 1.54) is 5.56 Å². The van der Waals surface area contributed by atoms with Crippen LogP contribution in [0.3, 0.4) is 0 Å².